The number of benzene rings is 3. The molecule has 1 aliphatic rings. The molecule has 43 heavy (non-hydrogen) atoms. The first kappa shape index (κ1) is 34.0. The van der Waals surface area contributed by atoms with Crippen LogP contribution in [0.2, 0.25) is 0 Å². The number of nitrogens with zero attached hydrogens (tertiary/aromatic N) is 1. The van der Waals surface area contributed by atoms with E-state index in [9.17, 15) is 18.8 Å². The third kappa shape index (κ3) is 10.3. The highest BCUT2D eigenvalue weighted by Gasteiger charge is 2.30. The number of fused-ring (bicyclic) bond motifs is 1. The maximum Gasteiger partial charge on any atom is 0.253 e. The SMILES string of the molecule is CC(C)CNCCCCNC(=O)[C@@H](Cc1ccc2ccccc2c1)NC(=O)C1CCN(C(=O)c2ccc(F)cc2)CC1.Cl. The minimum Gasteiger partial charge on any atom is -0.354 e. The second-order valence-electron chi connectivity index (χ2n) is 11.6. The molecule has 7 nitrogen and oxygen atoms in total. The van der Waals surface area contributed by atoms with Crippen LogP contribution in [0.1, 0.15) is 55.5 Å². The maximum atomic E-state index is 13.4. The fourth-order valence-electron chi connectivity index (χ4n) is 5.32. The van der Waals surface area contributed by atoms with E-state index in [0.717, 1.165) is 42.3 Å². The lowest BCUT2D eigenvalue weighted by Crippen LogP contribution is -2.51. The van der Waals surface area contributed by atoms with Gasteiger partial charge in [0.15, 0.2) is 0 Å². The van der Waals surface area contributed by atoms with Crippen LogP contribution in [0, 0.1) is 17.7 Å². The van der Waals surface area contributed by atoms with Crippen LogP contribution in [-0.2, 0) is 16.0 Å². The van der Waals surface area contributed by atoms with E-state index >= 15 is 0 Å². The van der Waals surface area contributed by atoms with Crippen LogP contribution >= 0.6 is 12.4 Å². The quantitative estimate of drug-likeness (QED) is 0.234. The van der Waals surface area contributed by atoms with Crippen molar-refractivity contribution in [2.24, 2.45) is 11.8 Å². The number of piperidine rings is 1. The molecule has 0 spiro atoms. The topological polar surface area (TPSA) is 90.5 Å². The van der Waals surface area contributed by atoms with Gasteiger partial charge >= 0.3 is 0 Å². The molecule has 1 aliphatic heterocycles. The van der Waals surface area contributed by atoms with Gasteiger partial charge in [0.05, 0.1) is 0 Å². The van der Waals surface area contributed by atoms with E-state index in [4.69, 9.17) is 0 Å². The lowest BCUT2D eigenvalue weighted by molar-refractivity contribution is -0.132. The molecule has 0 radical (unpaired) electrons. The third-order valence-corrected chi connectivity index (χ3v) is 7.76. The Morgan fingerprint density at radius 2 is 1.58 bits per heavy atom. The molecule has 9 heteroatoms. The number of carbonyl (C=O) groups is 3. The minimum absolute atomic E-state index is 0. The first-order valence-corrected chi connectivity index (χ1v) is 15.1. The molecule has 1 fully saturated rings. The summed E-state index contributed by atoms with van der Waals surface area (Å²) in [5.74, 6) is -0.587. The zero-order valence-corrected chi connectivity index (χ0v) is 25.9. The van der Waals surface area contributed by atoms with E-state index in [0.29, 0.717) is 50.4 Å². The predicted octanol–water partition coefficient (Wildman–Crippen LogP) is 5.12. The molecule has 3 amide bonds. The van der Waals surface area contributed by atoms with Crippen molar-refractivity contribution < 1.29 is 18.8 Å². The highest BCUT2D eigenvalue weighted by molar-refractivity contribution is 5.94. The van der Waals surface area contributed by atoms with Gasteiger partial charge < -0.3 is 20.9 Å². The summed E-state index contributed by atoms with van der Waals surface area (Å²) in [5, 5.41) is 11.7. The average Bonchev–Trinajstić information content (AvgIpc) is 3.00. The summed E-state index contributed by atoms with van der Waals surface area (Å²) >= 11 is 0. The molecule has 0 unspecified atom stereocenters. The van der Waals surface area contributed by atoms with Crippen molar-refractivity contribution >= 4 is 40.9 Å². The van der Waals surface area contributed by atoms with E-state index in [1.807, 2.05) is 36.4 Å². The van der Waals surface area contributed by atoms with Crippen LogP contribution in [0.3, 0.4) is 0 Å². The van der Waals surface area contributed by atoms with Crippen LogP contribution in [0.15, 0.2) is 66.7 Å². The van der Waals surface area contributed by atoms with Gasteiger partial charge in [0, 0.05) is 37.5 Å². The Labute approximate surface area is 260 Å². The molecular formula is C34H44ClFN4O3. The summed E-state index contributed by atoms with van der Waals surface area (Å²) < 4.78 is 13.3. The van der Waals surface area contributed by atoms with Crippen LogP contribution in [0.4, 0.5) is 4.39 Å². The van der Waals surface area contributed by atoms with Gasteiger partial charge in [-0.2, -0.15) is 0 Å². The Kier molecular flexibility index (Phi) is 13.4. The molecule has 4 rings (SSSR count). The first-order chi connectivity index (χ1) is 20.3. The predicted molar refractivity (Wildman–Crippen MR) is 172 cm³/mol. The van der Waals surface area contributed by atoms with Gasteiger partial charge in [-0.15, -0.1) is 12.4 Å². The zero-order valence-electron chi connectivity index (χ0n) is 25.1. The van der Waals surface area contributed by atoms with E-state index in [-0.39, 0.29) is 41.9 Å². The zero-order chi connectivity index (χ0) is 29.9. The number of likely N-dealkylation sites (tertiary alicyclic amines) is 1. The Morgan fingerprint density at radius 3 is 2.28 bits per heavy atom. The number of carbonyl (C=O) groups excluding carboxylic acids is 3. The van der Waals surface area contributed by atoms with Crippen molar-refractivity contribution in [1.29, 1.82) is 0 Å². The Balaban J connectivity index is 0.00000506. The largest absolute Gasteiger partial charge is 0.354 e. The smallest absolute Gasteiger partial charge is 0.253 e. The summed E-state index contributed by atoms with van der Waals surface area (Å²) in [4.78, 5) is 41.2. The summed E-state index contributed by atoms with van der Waals surface area (Å²) in [6.07, 6.45) is 3.22. The van der Waals surface area contributed by atoms with Crippen molar-refractivity contribution in [3.63, 3.8) is 0 Å². The monoisotopic (exact) mass is 610 g/mol. The molecule has 0 aliphatic carbocycles. The van der Waals surface area contributed by atoms with Gasteiger partial charge in [-0.1, -0.05) is 56.3 Å². The molecular weight excluding hydrogens is 567 g/mol. The number of nitrogens with one attached hydrogen (secondary N) is 3. The fraction of sp³-hybridized carbons (Fsp3) is 0.441. The highest BCUT2D eigenvalue weighted by atomic mass is 35.5. The molecule has 1 atom stereocenters. The summed E-state index contributed by atoms with van der Waals surface area (Å²) in [6, 6.07) is 19.0. The van der Waals surface area contributed by atoms with Gasteiger partial charge in [-0.05, 0) is 85.3 Å². The van der Waals surface area contributed by atoms with E-state index < -0.39 is 6.04 Å². The molecule has 0 aromatic heterocycles. The molecule has 232 valence electrons. The summed E-state index contributed by atoms with van der Waals surface area (Å²) in [5.41, 5.74) is 1.41. The molecule has 3 aromatic rings. The van der Waals surface area contributed by atoms with Gasteiger partial charge in [0.25, 0.3) is 5.91 Å². The standard InChI is InChI=1S/C34H43FN4O3.ClH/c1-24(2)23-36-17-5-6-18-37-33(41)31(22-25-9-10-26-7-3-4-8-29(26)21-25)38-32(40)27-15-19-39(20-16-27)34(42)28-11-13-30(35)14-12-28;/h3-4,7-14,21,24,27,31,36H,5-6,15-20,22-23H2,1-2H3,(H,37,41)(H,38,40);1H/t31-;/m1./s1. The fourth-order valence-corrected chi connectivity index (χ4v) is 5.32. The summed E-state index contributed by atoms with van der Waals surface area (Å²) in [7, 11) is 0. The number of halogens is 2. The lowest BCUT2D eigenvalue weighted by Gasteiger charge is -2.32. The maximum absolute atomic E-state index is 13.4. The molecule has 0 bridgehead atoms. The Bertz CT molecular complexity index is 1340. The van der Waals surface area contributed by atoms with Crippen LogP contribution in [-0.4, -0.2) is 61.4 Å². The molecule has 0 saturated carbocycles. The average molecular weight is 611 g/mol. The minimum atomic E-state index is -0.698. The lowest BCUT2D eigenvalue weighted by atomic mass is 9.94. The van der Waals surface area contributed by atoms with Crippen molar-refractivity contribution in [2.45, 2.75) is 52.0 Å². The van der Waals surface area contributed by atoms with Gasteiger partial charge in [-0.3, -0.25) is 14.4 Å². The second kappa shape index (κ2) is 17.0. The highest BCUT2D eigenvalue weighted by Crippen LogP contribution is 2.21. The van der Waals surface area contributed by atoms with E-state index in [2.05, 4.69) is 35.9 Å². The number of hydrogen-bond donors (Lipinski definition) is 3. The normalized spacial score (nSPS) is 14.3. The molecule has 1 heterocycles. The summed E-state index contributed by atoms with van der Waals surface area (Å²) in [6.45, 7) is 7.65. The number of amides is 3. The first-order valence-electron chi connectivity index (χ1n) is 15.1. The van der Waals surface area contributed by atoms with Crippen molar-refractivity contribution in [2.75, 3.05) is 32.7 Å². The number of hydrogen-bond acceptors (Lipinski definition) is 4. The van der Waals surface area contributed by atoms with E-state index in [1.165, 1.54) is 24.3 Å². The van der Waals surface area contributed by atoms with Crippen LogP contribution in [0.25, 0.3) is 10.8 Å². The Hall–Kier alpha value is -3.49. The van der Waals surface area contributed by atoms with Crippen molar-refractivity contribution in [3.05, 3.63) is 83.7 Å². The van der Waals surface area contributed by atoms with Crippen LogP contribution < -0.4 is 16.0 Å². The second-order valence-corrected chi connectivity index (χ2v) is 11.6. The van der Waals surface area contributed by atoms with Crippen molar-refractivity contribution in [1.82, 2.24) is 20.9 Å². The van der Waals surface area contributed by atoms with Crippen molar-refractivity contribution in [3.8, 4) is 0 Å². The molecule has 1 saturated heterocycles. The molecule has 3 aromatic carbocycles. The van der Waals surface area contributed by atoms with Crippen LogP contribution in [0.5, 0.6) is 0 Å². The van der Waals surface area contributed by atoms with E-state index in [1.54, 1.807) is 4.90 Å². The number of unbranched alkanes of at least 4 members (excludes halogenated alkanes) is 1. The van der Waals surface area contributed by atoms with Gasteiger partial charge in [0.1, 0.15) is 11.9 Å². The van der Waals surface area contributed by atoms with Gasteiger partial charge in [0.2, 0.25) is 11.8 Å². The Morgan fingerprint density at radius 1 is 0.907 bits per heavy atom. The van der Waals surface area contributed by atoms with Gasteiger partial charge in [-0.25, -0.2) is 4.39 Å². The third-order valence-electron chi connectivity index (χ3n) is 7.76. The molecule has 3 N–H and O–H groups in total. The number of rotatable bonds is 13.